The van der Waals surface area contributed by atoms with Gasteiger partial charge in [0.05, 0.1) is 14.2 Å². The highest BCUT2D eigenvalue weighted by atomic mass is 35.5. The van der Waals surface area contributed by atoms with Crippen LogP contribution in [0.1, 0.15) is 10.4 Å². The molecular formula is C11H12Cl2N2O5. The molecule has 0 saturated carbocycles. The minimum atomic E-state index is -0.853. The van der Waals surface area contributed by atoms with Gasteiger partial charge in [-0.05, 0) is 0 Å². The molecule has 0 aromatic heterocycles. The van der Waals surface area contributed by atoms with Crippen molar-refractivity contribution in [1.29, 1.82) is 0 Å². The Bertz CT molecular complexity index is 531. The van der Waals surface area contributed by atoms with Crippen molar-refractivity contribution in [3.05, 3.63) is 15.6 Å². The van der Waals surface area contributed by atoms with Gasteiger partial charge in [-0.15, -0.1) is 0 Å². The van der Waals surface area contributed by atoms with E-state index >= 15 is 0 Å². The van der Waals surface area contributed by atoms with Crippen molar-refractivity contribution in [1.82, 2.24) is 5.32 Å². The number of amides is 2. The van der Waals surface area contributed by atoms with Gasteiger partial charge in [-0.25, -0.2) is 4.79 Å². The van der Waals surface area contributed by atoms with Gasteiger partial charge in [-0.3, -0.25) is 4.79 Å². The van der Waals surface area contributed by atoms with E-state index in [1.165, 1.54) is 21.3 Å². The molecule has 0 bridgehead atoms. The number of rotatable bonds is 4. The molecule has 0 aliphatic rings. The van der Waals surface area contributed by atoms with Crippen molar-refractivity contribution in [2.45, 2.75) is 0 Å². The highest BCUT2D eigenvalue weighted by Crippen LogP contribution is 2.49. The van der Waals surface area contributed by atoms with Crippen molar-refractivity contribution in [3.63, 3.8) is 0 Å². The Hall–Kier alpha value is -1.86. The third kappa shape index (κ3) is 2.83. The Kier molecular flexibility index (Phi) is 5.29. The molecule has 0 aliphatic carbocycles. The summed E-state index contributed by atoms with van der Waals surface area (Å²) in [5, 5.41) is 1.89. The van der Waals surface area contributed by atoms with E-state index in [9.17, 15) is 9.59 Å². The first kappa shape index (κ1) is 16.2. The van der Waals surface area contributed by atoms with Crippen LogP contribution in [-0.2, 0) is 0 Å². The van der Waals surface area contributed by atoms with Crippen LogP contribution >= 0.6 is 23.2 Å². The number of benzene rings is 1. The zero-order valence-corrected chi connectivity index (χ0v) is 12.4. The second kappa shape index (κ2) is 6.53. The molecule has 1 aromatic carbocycles. The zero-order valence-electron chi connectivity index (χ0n) is 10.9. The molecule has 3 N–H and O–H groups in total. The van der Waals surface area contributed by atoms with Crippen LogP contribution in [0.3, 0.4) is 0 Å². The summed E-state index contributed by atoms with van der Waals surface area (Å²) >= 11 is 12.0. The van der Waals surface area contributed by atoms with Gasteiger partial charge in [0.2, 0.25) is 0 Å². The van der Waals surface area contributed by atoms with Crippen LogP contribution in [0.25, 0.3) is 0 Å². The highest BCUT2D eigenvalue weighted by molar-refractivity contribution is 6.40. The van der Waals surface area contributed by atoms with Crippen molar-refractivity contribution >= 4 is 35.2 Å². The lowest BCUT2D eigenvalue weighted by molar-refractivity contribution is 0.0994. The second-order valence-electron chi connectivity index (χ2n) is 3.40. The largest absolute Gasteiger partial charge is 0.494 e. The number of ether oxygens (including phenoxy) is 3. The molecule has 0 radical (unpaired) electrons. The van der Waals surface area contributed by atoms with E-state index in [2.05, 4.69) is 5.32 Å². The fourth-order valence-corrected chi connectivity index (χ4v) is 2.12. The molecule has 7 nitrogen and oxygen atoms in total. The van der Waals surface area contributed by atoms with E-state index < -0.39 is 12.0 Å². The molecule has 9 heteroatoms. The molecule has 2 amide bonds. The Morgan fingerprint density at radius 1 is 1.05 bits per heavy atom. The molecule has 110 valence electrons. The number of methoxy groups -OCH3 is 2. The molecule has 0 fully saturated rings. The number of carbonyl (C=O) groups is 2. The molecular weight excluding hydrogens is 311 g/mol. The van der Waals surface area contributed by atoms with Crippen molar-refractivity contribution in [2.75, 3.05) is 21.3 Å². The molecule has 1 aromatic rings. The maximum atomic E-state index is 11.5. The average molecular weight is 323 g/mol. The van der Waals surface area contributed by atoms with E-state index in [0.717, 1.165) is 0 Å². The summed E-state index contributed by atoms with van der Waals surface area (Å²) in [6.45, 7) is 0. The Morgan fingerprint density at radius 3 is 1.80 bits per heavy atom. The van der Waals surface area contributed by atoms with Gasteiger partial charge in [0.1, 0.15) is 15.6 Å². The van der Waals surface area contributed by atoms with E-state index in [0.29, 0.717) is 0 Å². The van der Waals surface area contributed by atoms with Gasteiger partial charge in [-0.2, -0.15) is 0 Å². The number of halogens is 2. The first-order valence-corrected chi connectivity index (χ1v) is 5.96. The Morgan fingerprint density at radius 2 is 1.50 bits per heavy atom. The van der Waals surface area contributed by atoms with E-state index in [1.807, 2.05) is 0 Å². The van der Waals surface area contributed by atoms with E-state index in [1.54, 1.807) is 0 Å². The summed E-state index contributed by atoms with van der Waals surface area (Å²) in [5.74, 6) is -1.25. The quantitative estimate of drug-likeness (QED) is 0.880. The lowest BCUT2D eigenvalue weighted by atomic mass is 10.1. The minimum Gasteiger partial charge on any atom is -0.494 e. The van der Waals surface area contributed by atoms with Crippen LogP contribution in [0.5, 0.6) is 17.2 Å². The summed E-state index contributed by atoms with van der Waals surface area (Å²) in [4.78, 5) is 22.8. The summed E-state index contributed by atoms with van der Waals surface area (Å²) in [6.07, 6.45) is -0.801. The van der Waals surface area contributed by atoms with Crippen LogP contribution in [0.2, 0.25) is 10.0 Å². The van der Waals surface area contributed by atoms with Gasteiger partial charge < -0.3 is 25.3 Å². The SMILES string of the molecule is CNC(=O)Oc1c(Cl)c(OC)c(C(N)=O)c(OC)c1Cl. The van der Waals surface area contributed by atoms with Gasteiger partial charge in [-0.1, -0.05) is 23.2 Å². The summed E-state index contributed by atoms with van der Waals surface area (Å²) < 4.78 is 14.9. The van der Waals surface area contributed by atoms with Crippen LogP contribution in [0.4, 0.5) is 4.79 Å². The number of hydrogen-bond acceptors (Lipinski definition) is 5. The van der Waals surface area contributed by atoms with Crippen LogP contribution in [0, 0.1) is 0 Å². The topological polar surface area (TPSA) is 99.9 Å². The molecule has 1 rings (SSSR count). The lowest BCUT2D eigenvalue weighted by Crippen LogP contribution is -2.23. The van der Waals surface area contributed by atoms with Crippen LogP contribution in [0.15, 0.2) is 0 Å². The minimum absolute atomic E-state index is 0.0979. The smallest absolute Gasteiger partial charge is 0.412 e. The number of nitrogens with one attached hydrogen (secondary N) is 1. The number of hydrogen-bond donors (Lipinski definition) is 2. The van der Waals surface area contributed by atoms with Gasteiger partial charge in [0.15, 0.2) is 17.2 Å². The normalized spacial score (nSPS) is 9.85. The van der Waals surface area contributed by atoms with Crippen LogP contribution in [-0.4, -0.2) is 33.3 Å². The van der Waals surface area contributed by atoms with E-state index in [-0.39, 0.29) is 32.9 Å². The Labute approximate surface area is 124 Å². The average Bonchev–Trinajstić information content (AvgIpc) is 2.42. The number of carbonyl (C=O) groups excluding carboxylic acids is 2. The molecule has 0 heterocycles. The standard InChI is InChI=1S/C11H12Cl2N2O5/c1-15-11(17)20-9-5(12)7(18-2)4(10(14)16)8(19-3)6(9)13/h1-3H3,(H2,14,16)(H,15,17). The third-order valence-corrected chi connectivity index (χ3v) is 2.99. The van der Waals surface area contributed by atoms with Gasteiger partial charge >= 0.3 is 6.09 Å². The lowest BCUT2D eigenvalue weighted by Gasteiger charge is -2.17. The van der Waals surface area contributed by atoms with Crippen molar-refractivity contribution in [2.24, 2.45) is 5.73 Å². The number of primary amides is 1. The number of nitrogens with two attached hydrogens (primary N) is 1. The molecule has 0 spiro atoms. The van der Waals surface area contributed by atoms with Gasteiger partial charge in [0.25, 0.3) is 5.91 Å². The molecule has 0 saturated heterocycles. The zero-order chi connectivity index (χ0) is 15.4. The summed E-state index contributed by atoms with van der Waals surface area (Å²) in [7, 11) is 3.89. The first-order valence-electron chi connectivity index (χ1n) is 5.21. The van der Waals surface area contributed by atoms with Crippen molar-refractivity contribution in [3.8, 4) is 17.2 Å². The summed E-state index contributed by atoms with van der Waals surface area (Å²) in [5.41, 5.74) is 5.10. The van der Waals surface area contributed by atoms with Crippen LogP contribution < -0.4 is 25.3 Å². The maximum Gasteiger partial charge on any atom is 0.412 e. The predicted molar refractivity (Wildman–Crippen MR) is 73.2 cm³/mol. The Balaban J connectivity index is 3.63. The van der Waals surface area contributed by atoms with Gasteiger partial charge in [0, 0.05) is 7.05 Å². The third-order valence-electron chi connectivity index (χ3n) is 2.31. The maximum absolute atomic E-state index is 11.5. The molecule has 0 unspecified atom stereocenters. The first-order chi connectivity index (χ1) is 9.38. The monoisotopic (exact) mass is 322 g/mol. The molecule has 0 aliphatic heterocycles. The van der Waals surface area contributed by atoms with Crippen molar-refractivity contribution < 1.29 is 23.8 Å². The second-order valence-corrected chi connectivity index (χ2v) is 4.16. The predicted octanol–water partition coefficient (Wildman–Crippen LogP) is 1.83. The molecule has 20 heavy (non-hydrogen) atoms. The molecule has 0 atom stereocenters. The van der Waals surface area contributed by atoms with E-state index in [4.69, 9.17) is 43.1 Å². The fraction of sp³-hybridized carbons (Fsp3) is 0.273. The summed E-state index contributed by atoms with van der Waals surface area (Å²) in [6, 6.07) is 0. The highest BCUT2D eigenvalue weighted by Gasteiger charge is 2.29. The fourth-order valence-electron chi connectivity index (χ4n) is 1.47.